The maximum Gasteiger partial charge on any atom is 0.410 e. The first kappa shape index (κ1) is 24.8. The zero-order valence-electron chi connectivity index (χ0n) is 18.2. The fourth-order valence-electron chi connectivity index (χ4n) is 3.59. The maximum atomic E-state index is 13.6. The molecule has 1 aliphatic heterocycles. The molecule has 174 valence electrons. The number of hydrogen-bond acceptors (Lipinski definition) is 6. The number of ether oxygens (including phenoxy) is 2. The molecule has 1 amide bonds. The zero-order chi connectivity index (χ0) is 23.8. The average molecular weight is 549 g/mol. The van der Waals surface area contributed by atoms with Crippen molar-refractivity contribution in [3.8, 4) is 0 Å². The Morgan fingerprint density at radius 1 is 1.31 bits per heavy atom. The van der Waals surface area contributed by atoms with E-state index in [2.05, 4.69) is 21.0 Å². The number of benzene rings is 1. The SMILES string of the molecule is CCOC(=O)C(C(=O)[C@@H]1CCCN1C(=O)OC(C)(C)C)n1cc2c(Cl)cc(Br)c(Cl)c2n1. The fraction of sp³-hybridized carbons (Fsp3) is 0.524. The van der Waals surface area contributed by atoms with Gasteiger partial charge in [-0.2, -0.15) is 5.10 Å². The molecule has 0 saturated carbocycles. The molecule has 11 heteroatoms. The van der Waals surface area contributed by atoms with Crippen molar-refractivity contribution in [1.29, 1.82) is 0 Å². The van der Waals surface area contributed by atoms with Crippen molar-refractivity contribution < 1.29 is 23.9 Å². The Balaban J connectivity index is 2.01. The highest BCUT2D eigenvalue weighted by Crippen LogP contribution is 2.36. The van der Waals surface area contributed by atoms with Crippen LogP contribution >= 0.6 is 39.1 Å². The molecule has 1 fully saturated rings. The third-order valence-electron chi connectivity index (χ3n) is 4.91. The van der Waals surface area contributed by atoms with Crippen molar-refractivity contribution in [2.75, 3.05) is 13.2 Å². The molecule has 0 aliphatic carbocycles. The minimum absolute atomic E-state index is 0.0803. The molecule has 2 heterocycles. The van der Waals surface area contributed by atoms with Gasteiger partial charge in [0.15, 0.2) is 5.78 Å². The van der Waals surface area contributed by atoms with E-state index in [0.717, 1.165) is 0 Å². The lowest BCUT2D eigenvalue weighted by atomic mass is 10.0. The fourth-order valence-corrected chi connectivity index (χ4v) is 4.58. The van der Waals surface area contributed by atoms with Crippen LogP contribution in [0.5, 0.6) is 0 Å². The summed E-state index contributed by atoms with van der Waals surface area (Å²) in [6.07, 6.45) is 1.90. The van der Waals surface area contributed by atoms with Crippen LogP contribution in [0.2, 0.25) is 10.0 Å². The van der Waals surface area contributed by atoms with Gasteiger partial charge in [0.05, 0.1) is 22.7 Å². The summed E-state index contributed by atoms with van der Waals surface area (Å²) in [7, 11) is 0. The molecule has 1 aliphatic rings. The van der Waals surface area contributed by atoms with Crippen molar-refractivity contribution in [2.24, 2.45) is 0 Å². The Labute approximate surface area is 204 Å². The Kier molecular flexibility index (Phi) is 7.41. The quantitative estimate of drug-likeness (QED) is 0.290. The van der Waals surface area contributed by atoms with Crippen LogP contribution in [0.15, 0.2) is 16.7 Å². The van der Waals surface area contributed by atoms with Gasteiger partial charge >= 0.3 is 12.1 Å². The number of likely N-dealkylation sites (tertiary alicyclic amines) is 1. The highest BCUT2D eigenvalue weighted by Gasteiger charge is 2.43. The van der Waals surface area contributed by atoms with Crippen molar-refractivity contribution >= 4 is 67.9 Å². The Morgan fingerprint density at radius 3 is 2.62 bits per heavy atom. The van der Waals surface area contributed by atoms with E-state index in [0.29, 0.717) is 44.8 Å². The Hall–Kier alpha value is -1.84. The molecule has 1 aromatic heterocycles. The summed E-state index contributed by atoms with van der Waals surface area (Å²) < 4.78 is 12.4. The maximum absolute atomic E-state index is 13.6. The Bertz CT molecular complexity index is 1070. The monoisotopic (exact) mass is 547 g/mol. The molecule has 0 N–H and O–H groups in total. The minimum Gasteiger partial charge on any atom is -0.464 e. The Morgan fingerprint density at radius 2 is 2.00 bits per heavy atom. The van der Waals surface area contributed by atoms with Crippen LogP contribution in [0.3, 0.4) is 0 Å². The number of rotatable bonds is 5. The third kappa shape index (κ3) is 5.05. The van der Waals surface area contributed by atoms with E-state index in [1.54, 1.807) is 33.8 Å². The van der Waals surface area contributed by atoms with Gasteiger partial charge in [-0.05, 0) is 62.5 Å². The van der Waals surface area contributed by atoms with E-state index in [1.807, 2.05) is 0 Å². The van der Waals surface area contributed by atoms with Gasteiger partial charge in [-0.1, -0.05) is 23.2 Å². The molecular weight excluding hydrogens is 525 g/mol. The normalized spacial score (nSPS) is 17.5. The first-order valence-electron chi connectivity index (χ1n) is 10.2. The van der Waals surface area contributed by atoms with Crippen LogP contribution in [0.25, 0.3) is 10.9 Å². The molecule has 8 nitrogen and oxygen atoms in total. The number of ketones is 1. The van der Waals surface area contributed by atoms with Gasteiger partial charge in [-0.15, -0.1) is 0 Å². The molecule has 0 bridgehead atoms. The second-order valence-corrected chi connectivity index (χ2v) is 10.1. The predicted molar refractivity (Wildman–Crippen MR) is 124 cm³/mol. The summed E-state index contributed by atoms with van der Waals surface area (Å²) in [6.45, 7) is 7.33. The first-order valence-corrected chi connectivity index (χ1v) is 11.7. The van der Waals surface area contributed by atoms with Gasteiger partial charge < -0.3 is 9.47 Å². The summed E-state index contributed by atoms with van der Waals surface area (Å²) >= 11 is 16.0. The number of Topliss-reactive ketones (excluding diaryl/α,β-unsaturated/α-hetero) is 1. The highest BCUT2D eigenvalue weighted by molar-refractivity contribution is 9.10. The van der Waals surface area contributed by atoms with E-state index in [1.165, 1.54) is 15.8 Å². The van der Waals surface area contributed by atoms with Gasteiger partial charge in [0.1, 0.15) is 11.1 Å². The smallest absolute Gasteiger partial charge is 0.410 e. The molecule has 1 saturated heterocycles. The largest absolute Gasteiger partial charge is 0.464 e. The van der Waals surface area contributed by atoms with E-state index in [4.69, 9.17) is 32.7 Å². The standard InChI is InChI=1S/C21H24BrCl2N3O5/c1-5-31-19(29)17(27-10-11-13(23)9-12(22)15(24)16(11)25-27)18(28)14-7-6-8-26(14)20(30)32-21(2,3)4/h9-10,14,17H,5-8H2,1-4H3/t14-,17?/m0/s1. The van der Waals surface area contributed by atoms with E-state index in [-0.39, 0.29) is 6.61 Å². The molecule has 2 atom stereocenters. The number of hydrogen-bond donors (Lipinski definition) is 0. The predicted octanol–water partition coefficient (Wildman–Crippen LogP) is 5.18. The summed E-state index contributed by atoms with van der Waals surface area (Å²) in [6, 6.07) is -0.633. The van der Waals surface area contributed by atoms with Crippen LogP contribution in [-0.4, -0.2) is 57.3 Å². The number of halogens is 3. The van der Waals surface area contributed by atoms with Gasteiger partial charge in [-0.3, -0.25) is 9.69 Å². The van der Waals surface area contributed by atoms with Gasteiger partial charge in [0, 0.05) is 22.6 Å². The molecular formula is C21H24BrCl2N3O5. The highest BCUT2D eigenvalue weighted by atomic mass is 79.9. The zero-order valence-corrected chi connectivity index (χ0v) is 21.3. The van der Waals surface area contributed by atoms with E-state index >= 15 is 0 Å². The number of nitrogens with zero attached hydrogens (tertiary/aromatic N) is 3. The summed E-state index contributed by atoms with van der Waals surface area (Å²) in [5.74, 6) is -1.28. The van der Waals surface area contributed by atoms with Crippen LogP contribution in [0, 0.1) is 0 Å². The average Bonchev–Trinajstić information content (AvgIpc) is 3.33. The van der Waals surface area contributed by atoms with Gasteiger partial charge in [0.2, 0.25) is 6.04 Å². The summed E-state index contributed by atoms with van der Waals surface area (Å²) in [5, 5.41) is 5.51. The van der Waals surface area contributed by atoms with E-state index in [9.17, 15) is 14.4 Å². The van der Waals surface area contributed by atoms with Crippen LogP contribution in [0.4, 0.5) is 4.79 Å². The third-order valence-corrected chi connectivity index (χ3v) is 6.46. The molecule has 32 heavy (non-hydrogen) atoms. The molecule has 0 spiro atoms. The first-order chi connectivity index (χ1) is 14.9. The number of esters is 1. The molecule has 2 aromatic rings. The second kappa shape index (κ2) is 9.57. The van der Waals surface area contributed by atoms with Crippen molar-refractivity contribution in [2.45, 2.75) is 58.2 Å². The lowest BCUT2D eigenvalue weighted by molar-refractivity contribution is -0.152. The lowest BCUT2D eigenvalue weighted by Gasteiger charge is -2.29. The number of aromatic nitrogens is 2. The molecule has 0 radical (unpaired) electrons. The number of carbonyl (C=O) groups excluding carboxylic acids is 3. The van der Waals surface area contributed by atoms with Gasteiger partial charge in [-0.25, -0.2) is 14.3 Å². The van der Waals surface area contributed by atoms with E-state index < -0.39 is 35.5 Å². The second-order valence-electron chi connectivity index (χ2n) is 8.41. The molecule has 3 rings (SSSR count). The van der Waals surface area contributed by atoms with Crippen molar-refractivity contribution in [3.05, 3.63) is 26.8 Å². The van der Waals surface area contributed by atoms with Crippen LogP contribution < -0.4 is 0 Å². The van der Waals surface area contributed by atoms with Crippen LogP contribution in [0.1, 0.15) is 46.6 Å². The van der Waals surface area contributed by atoms with Crippen LogP contribution in [-0.2, 0) is 19.1 Å². The topological polar surface area (TPSA) is 90.7 Å². The number of amides is 1. The minimum atomic E-state index is -1.40. The van der Waals surface area contributed by atoms with Crippen molar-refractivity contribution in [3.63, 3.8) is 0 Å². The number of carbonyl (C=O) groups is 3. The van der Waals surface area contributed by atoms with Crippen molar-refractivity contribution in [1.82, 2.24) is 14.7 Å². The summed E-state index contributed by atoms with van der Waals surface area (Å²) in [4.78, 5) is 40.4. The lowest BCUT2D eigenvalue weighted by Crippen LogP contribution is -2.47. The summed E-state index contributed by atoms with van der Waals surface area (Å²) in [5.41, 5.74) is -0.377. The molecule has 1 aromatic carbocycles. The van der Waals surface area contributed by atoms with Gasteiger partial charge in [0.25, 0.3) is 0 Å². The number of fused-ring (bicyclic) bond motifs is 1. The molecule has 1 unspecified atom stereocenters.